The van der Waals surface area contributed by atoms with Crippen LogP contribution in [-0.2, 0) is 4.74 Å². The molecule has 0 saturated heterocycles. The minimum Gasteiger partial charge on any atom is -0.465 e. The van der Waals surface area contributed by atoms with Crippen molar-refractivity contribution < 1.29 is 9.53 Å². The van der Waals surface area contributed by atoms with E-state index in [9.17, 15) is 4.79 Å². The molecule has 0 fully saturated rings. The Morgan fingerprint density at radius 2 is 1.76 bits per heavy atom. The molecule has 21 heavy (non-hydrogen) atoms. The monoisotopic (exact) mass is 297 g/mol. The highest BCUT2D eigenvalue weighted by atomic mass is 35.5. The molecule has 0 unspecified atom stereocenters. The zero-order chi connectivity index (χ0) is 14.8. The van der Waals surface area contributed by atoms with Crippen molar-refractivity contribution in [2.45, 2.75) is 0 Å². The number of hydrogen-bond donors (Lipinski definition) is 0. The van der Waals surface area contributed by atoms with Crippen LogP contribution < -0.4 is 0 Å². The predicted octanol–water partition coefficient (Wildman–Crippen LogP) is 4.34. The highest BCUT2D eigenvalue weighted by molar-refractivity contribution is 6.30. The Hall–Kier alpha value is -2.39. The number of rotatable bonds is 2. The summed E-state index contributed by atoms with van der Waals surface area (Å²) >= 11 is 5.89. The molecule has 104 valence electrons. The molecule has 0 saturated carbocycles. The van der Waals surface area contributed by atoms with Crippen LogP contribution in [0.4, 0.5) is 0 Å². The van der Waals surface area contributed by atoms with Gasteiger partial charge in [-0.1, -0.05) is 35.9 Å². The summed E-state index contributed by atoms with van der Waals surface area (Å²) in [7, 11) is 1.37. The molecule has 3 aromatic rings. The van der Waals surface area contributed by atoms with Crippen molar-refractivity contribution in [3.05, 3.63) is 65.2 Å². The molecule has 0 aliphatic carbocycles. The summed E-state index contributed by atoms with van der Waals surface area (Å²) in [5, 5.41) is 1.66. The van der Waals surface area contributed by atoms with E-state index in [1.807, 2.05) is 42.5 Å². The smallest absolute Gasteiger partial charge is 0.337 e. The highest BCUT2D eigenvalue weighted by Gasteiger charge is 2.07. The van der Waals surface area contributed by atoms with Gasteiger partial charge in [0.2, 0.25) is 0 Å². The molecule has 0 N–H and O–H groups in total. The van der Waals surface area contributed by atoms with Crippen LogP contribution >= 0.6 is 11.6 Å². The number of pyridine rings is 1. The molecule has 3 rings (SSSR count). The van der Waals surface area contributed by atoms with Crippen LogP contribution in [0, 0.1) is 0 Å². The second-order valence-corrected chi connectivity index (χ2v) is 5.04. The third kappa shape index (κ3) is 2.73. The van der Waals surface area contributed by atoms with Crippen molar-refractivity contribution in [1.29, 1.82) is 0 Å². The van der Waals surface area contributed by atoms with Gasteiger partial charge in [-0.25, -0.2) is 9.78 Å². The Morgan fingerprint density at radius 3 is 2.48 bits per heavy atom. The maximum atomic E-state index is 11.6. The Morgan fingerprint density at radius 1 is 1.05 bits per heavy atom. The molecule has 0 radical (unpaired) electrons. The number of methoxy groups -OCH3 is 1. The first-order valence-electron chi connectivity index (χ1n) is 6.42. The first-order chi connectivity index (χ1) is 10.2. The molecule has 0 aliphatic rings. The summed E-state index contributed by atoms with van der Waals surface area (Å²) in [5.41, 5.74) is 3.06. The quantitative estimate of drug-likeness (QED) is 0.660. The van der Waals surface area contributed by atoms with Crippen molar-refractivity contribution in [3.63, 3.8) is 0 Å². The summed E-state index contributed by atoms with van der Waals surface area (Å²) < 4.78 is 4.73. The van der Waals surface area contributed by atoms with E-state index in [-0.39, 0.29) is 5.97 Å². The molecule has 1 heterocycles. The van der Waals surface area contributed by atoms with E-state index in [4.69, 9.17) is 16.3 Å². The lowest BCUT2D eigenvalue weighted by molar-refractivity contribution is 0.0601. The second-order valence-electron chi connectivity index (χ2n) is 4.60. The number of carbonyl (C=O) groups excluding carboxylic acids is 1. The molecule has 3 nitrogen and oxygen atoms in total. The standard InChI is InChI=1S/C17H12ClNO2/c1-21-17(20)13-3-2-12-6-9-15(19-16(12)10-13)11-4-7-14(18)8-5-11/h2-10H,1H3. The zero-order valence-electron chi connectivity index (χ0n) is 11.3. The third-order valence-electron chi connectivity index (χ3n) is 3.25. The Kier molecular flexibility index (Phi) is 3.59. The lowest BCUT2D eigenvalue weighted by Crippen LogP contribution is -2.00. The van der Waals surface area contributed by atoms with Gasteiger partial charge in [0.15, 0.2) is 0 Å². The average molecular weight is 298 g/mol. The fourth-order valence-electron chi connectivity index (χ4n) is 2.14. The van der Waals surface area contributed by atoms with Crippen LogP contribution in [0.2, 0.25) is 5.02 Å². The SMILES string of the molecule is COC(=O)c1ccc2ccc(-c3ccc(Cl)cc3)nc2c1. The number of fused-ring (bicyclic) bond motifs is 1. The summed E-state index contributed by atoms with van der Waals surface area (Å²) in [5.74, 6) is -0.365. The van der Waals surface area contributed by atoms with Crippen molar-refractivity contribution in [2.24, 2.45) is 0 Å². The molecule has 2 aromatic carbocycles. The first-order valence-corrected chi connectivity index (χ1v) is 6.80. The van der Waals surface area contributed by atoms with Crippen LogP contribution in [0.1, 0.15) is 10.4 Å². The molecule has 0 amide bonds. The van der Waals surface area contributed by atoms with Crippen molar-refractivity contribution in [3.8, 4) is 11.3 Å². The third-order valence-corrected chi connectivity index (χ3v) is 3.51. The Labute approximate surface area is 127 Å². The molecule has 4 heteroatoms. The predicted molar refractivity (Wildman–Crippen MR) is 83.5 cm³/mol. The van der Waals surface area contributed by atoms with Gasteiger partial charge in [-0.15, -0.1) is 0 Å². The minimum absolute atomic E-state index is 0.365. The summed E-state index contributed by atoms with van der Waals surface area (Å²) in [6.45, 7) is 0. The largest absolute Gasteiger partial charge is 0.465 e. The van der Waals surface area contributed by atoms with Gasteiger partial charge in [0.25, 0.3) is 0 Å². The maximum Gasteiger partial charge on any atom is 0.337 e. The van der Waals surface area contributed by atoms with Crippen LogP contribution in [0.15, 0.2) is 54.6 Å². The molecule has 1 aromatic heterocycles. The van der Waals surface area contributed by atoms with Crippen molar-refractivity contribution >= 4 is 28.5 Å². The molecule has 0 atom stereocenters. The fraction of sp³-hybridized carbons (Fsp3) is 0.0588. The van der Waals surface area contributed by atoms with Crippen molar-refractivity contribution in [1.82, 2.24) is 4.98 Å². The molecule has 0 bridgehead atoms. The van der Waals surface area contributed by atoms with Gasteiger partial charge in [-0.2, -0.15) is 0 Å². The fourth-order valence-corrected chi connectivity index (χ4v) is 2.27. The van der Waals surface area contributed by atoms with Crippen LogP contribution in [-0.4, -0.2) is 18.1 Å². The molecular formula is C17H12ClNO2. The summed E-state index contributed by atoms with van der Waals surface area (Å²) in [6.07, 6.45) is 0. The normalized spacial score (nSPS) is 10.6. The van der Waals surface area contributed by atoms with Gasteiger partial charge < -0.3 is 4.74 Å². The number of ether oxygens (including phenoxy) is 1. The second kappa shape index (κ2) is 5.54. The molecular weight excluding hydrogens is 286 g/mol. The van der Waals surface area contributed by atoms with Gasteiger partial charge in [-0.3, -0.25) is 0 Å². The molecule has 0 aliphatic heterocycles. The number of esters is 1. The van der Waals surface area contributed by atoms with Crippen molar-refractivity contribution in [2.75, 3.05) is 7.11 Å². The van der Waals surface area contributed by atoms with E-state index in [0.717, 1.165) is 22.2 Å². The van der Waals surface area contributed by atoms with E-state index >= 15 is 0 Å². The number of benzene rings is 2. The van der Waals surface area contributed by atoms with E-state index < -0.39 is 0 Å². The number of aromatic nitrogens is 1. The lowest BCUT2D eigenvalue weighted by atomic mass is 10.1. The Bertz CT molecular complexity index is 813. The lowest BCUT2D eigenvalue weighted by Gasteiger charge is -2.05. The number of carbonyl (C=O) groups is 1. The summed E-state index contributed by atoms with van der Waals surface area (Å²) in [6, 6.07) is 16.7. The number of nitrogens with zero attached hydrogens (tertiary/aromatic N) is 1. The van der Waals surface area contributed by atoms with Gasteiger partial charge in [0.05, 0.1) is 23.9 Å². The average Bonchev–Trinajstić information content (AvgIpc) is 2.53. The molecule has 0 spiro atoms. The maximum absolute atomic E-state index is 11.6. The van der Waals surface area contributed by atoms with Crippen LogP contribution in [0.25, 0.3) is 22.2 Å². The summed E-state index contributed by atoms with van der Waals surface area (Å²) in [4.78, 5) is 16.2. The first kappa shape index (κ1) is 13.6. The van der Waals surface area contributed by atoms with Crippen LogP contribution in [0.3, 0.4) is 0 Å². The van der Waals surface area contributed by atoms with Crippen LogP contribution in [0.5, 0.6) is 0 Å². The highest BCUT2D eigenvalue weighted by Crippen LogP contribution is 2.23. The van der Waals surface area contributed by atoms with Gasteiger partial charge in [-0.05, 0) is 30.3 Å². The minimum atomic E-state index is -0.365. The van der Waals surface area contributed by atoms with Gasteiger partial charge in [0, 0.05) is 16.0 Å². The number of hydrogen-bond acceptors (Lipinski definition) is 3. The number of halogens is 1. The van der Waals surface area contributed by atoms with E-state index in [0.29, 0.717) is 10.6 Å². The Balaban J connectivity index is 2.09. The topological polar surface area (TPSA) is 39.2 Å². The van der Waals surface area contributed by atoms with Gasteiger partial charge in [0.1, 0.15) is 0 Å². The zero-order valence-corrected chi connectivity index (χ0v) is 12.1. The van der Waals surface area contributed by atoms with Gasteiger partial charge >= 0.3 is 5.97 Å². The van der Waals surface area contributed by atoms with E-state index in [2.05, 4.69) is 4.98 Å². The van der Waals surface area contributed by atoms with E-state index in [1.165, 1.54) is 7.11 Å². The van der Waals surface area contributed by atoms with E-state index in [1.54, 1.807) is 12.1 Å².